The van der Waals surface area contributed by atoms with Gasteiger partial charge >= 0.3 is 0 Å². The molecule has 0 heterocycles. The van der Waals surface area contributed by atoms with Crippen LogP contribution in [0.3, 0.4) is 0 Å². The maximum atomic E-state index is 12.4. The minimum Gasteiger partial charge on any atom is -0.268 e. The zero-order valence-corrected chi connectivity index (χ0v) is 16.2. The average molecular weight is 401 g/mol. The quantitative estimate of drug-likeness (QED) is 0.469. The van der Waals surface area contributed by atoms with Crippen LogP contribution in [0.25, 0.3) is 0 Å². The number of hydrogen-bond donors (Lipinski definition) is 1. The van der Waals surface area contributed by atoms with E-state index >= 15 is 0 Å². The fourth-order valence-corrected chi connectivity index (χ4v) is 4.57. The van der Waals surface area contributed by atoms with Gasteiger partial charge in [-0.05, 0) is 38.8 Å². The normalized spacial score (nSPS) is 23.9. The van der Waals surface area contributed by atoms with Crippen LogP contribution in [0.4, 0.5) is 0 Å². The van der Waals surface area contributed by atoms with E-state index in [4.69, 9.17) is 0 Å². The van der Waals surface area contributed by atoms with Crippen molar-refractivity contribution in [2.24, 2.45) is 4.99 Å². The first-order chi connectivity index (χ1) is 10.9. The molecule has 1 saturated carbocycles. The van der Waals surface area contributed by atoms with Crippen molar-refractivity contribution in [1.29, 1.82) is 0 Å². The molecule has 4 nitrogen and oxygen atoms in total. The van der Waals surface area contributed by atoms with Gasteiger partial charge in [0.05, 0.1) is 10.9 Å². The molecule has 2 unspecified atom stereocenters. The first-order valence-corrected chi connectivity index (χ1v) is 10.6. The van der Waals surface area contributed by atoms with Crippen LogP contribution in [0, 0.1) is 6.92 Å². The van der Waals surface area contributed by atoms with Gasteiger partial charge in [0, 0.05) is 4.83 Å². The smallest absolute Gasteiger partial charge is 0.262 e. The Hall–Kier alpha value is -0.880. The number of rotatable bonds is 3. The Balaban J connectivity index is 2.09. The summed E-state index contributed by atoms with van der Waals surface area (Å²) in [5.74, 6) is 0.459. The number of nitrogens with one attached hydrogen (secondary N) is 1. The summed E-state index contributed by atoms with van der Waals surface area (Å²) in [6.45, 7) is 3.66. The van der Waals surface area contributed by atoms with E-state index in [9.17, 15) is 8.42 Å². The zero-order chi connectivity index (χ0) is 16.9. The van der Waals surface area contributed by atoms with E-state index in [2.05, 4.69) is 25.6 Å². The van der Waals surface area contributed by atoms with Crippen LogP contribution in [-0.4, -0.2) is 25.1 Å². The number of nitrogens with zero attached hydrogens (tertiary/aromatic N) is 1. The molecule has 2 rings (SSSR count). The topological polar surface area (TPSA) is 58.5 Å². The lowest BCUT2D eigenvalue weighted by Crippen LogP contribution is -2.31. The standard InChI is InChI=1S/C17H25BrN2O2S/c1-13-9-11-15(12-10-13)23(21,22)20-14(2)19-17-8-6-4-3-5-7-16(17)18/h9-12,16-17H,3-8H2,1-2H3,(H,19,20). The molecule has 128 valence electrons. The summed E-state index contributed by atoms with van der Waals surface area (Å²) in [4.78, 5) is 5.22. The molecule has 0 aliphatic heterocycles. The van der Waals surface area contributed by atoms with E-state index in [-0.39, 0.29) is 10.9 Å². The number of aliphatic imine (C=N–C) groups is 1. The highest BCUT2D eigenvalue weighted by Crippen LogP contribution is 2.25. The van der Waals surface area contributed by atoms with Crippen LogP contribution in [0.15, 0.2) is 34.2 Å². The summed E-state index contributed by atoms with van der Waals surface area (Å²) in [7, 11) is -3.56. The second-order valence-electron chi connectivity index (χ2n) is 6.21. The van der Waals surface area contributed by atoms with Crippen molar-refractivity contribution in [1.82, 2.24) is 4.72 Å². The summed E-state index contributed by atoms with van der Waals surface area (Å²) in [5.41, 5.74) is 1.03. The van der Waals surface area contributed by atoms with Gasteiger partial charge in [0.1, 0.15) is 5.84 Å². The van der Waals surface area contributed by atoms with Crippen molar-refractivity contribution in [2.45, 2.75) is 68.1 Å². The molecule has 1 fully saturated rings. The Labute approximate surface area is 148 Å². The van der Waals surface area contributed by atoms with Gasteiger partial charge in [-0.15, -0.1) is 0 Å². The maximum absolute atomic E-state index is 12.4. The van der Waals surface area contributed by atoms with Gasteiger partial charge in [0.15, 0.2) is 0 Å². The molecule has 0 spiro atoms. The van der Waals surface area contributed by atoms with Gasteiger partial charge < -0.3 is 0 Å². The van der Waals surface area contributed by atoms with E-state index in [1.54, 1.807) is 31.2 Å². The predicted molar refractivity (Wildman–Crippen MR) is 98.8 cm³/mol. The number of alkyl halides is 1. The Morgan fingerprint density at radius 2 is 1.74 bits per heavy atom. The van der Waals surface area contributed by atoms with Crippen LogP contribution < -0.4 is 4.72 Å². The molecule has 0 bridgehead atoms. The van der Waals surface area contributed by atoms with Crippen molar-refractivity contribution in [3.8, 4) is 0 Å². The minimum atomic E-state index is -3.56. The molecular weight excluding hydrogens is 376 g/mol. The molecular formula is C17H25BrN2O2S. The van der Waals surface area contributed by atoms with Crippen molar-refractivity contribution in [3.05, 3.63) is 29.8 Å². The van der Waals surface area contributed by atoms with Crippen LogP contribution in [0.2, 0.25) is 0 Å². The number of halogens is 1. The Kier molecular flexibility index (Phi) is 6.65. The monoisotopic (exact) mass is 400 g/mol. The first kappa shape index (κ1) is 18.5. The molecule has 0 radical (unpaired) electrons. The van der Waals surface area contributed by atoms with Gasteiger partial charge in [-0.25, -0.2) is 8.42 Å². The third-order valence-electron chi connectivity index (χ3n) is 4.12. The lowest BCUT2D eigenvalue weighted by molar-refractivity contribution is 0.468. The highest BCUT2D eigenvalue weighted by molar-refractivity contribution is 9.09. The molecule has 0 saturated heterocycles. The van der Waals surface area contributed by atoms with E-state index in [0.717, 1.165) is 24.8 Å². The molecule has 1 aliphatic rings. The largest absolute Gasteiger partial charge is 0.268 e. The Bertz CT molecular complexity index is 641. The van der Waals surface area contributed by atoms with Gasteiger partial charge in [0.25, 0.3) is 10.0 Å². The summed E-state index contributed by atoms with van der Waals surface area (Å²) in [6.07, 6.45) is 6.95. The fourth-order valence-electron chi connectivity index (χ4n) is 2.81. The van der Waals surface area contributed by atoms with Gasteiger partial charge in [-0.3, -0.25) is 9.71 Å². The molecule has 0 amide bonds. The number of amidine groups is 1. The van der Waals surface area contributed by atoms with E-state index in [1.165, 1.54) is 19.3 Å². The summed E-state index contributed by atoms with van der Waals surface area (Å²) < 4.78 is 27.4. The molecule has 1 N–H and O–H groups in total. The molecule has 0 aromatic heterocycles. The predicted octanol–water partition coefficient (Wildman–Crippen LogP) is 4.18. The third-order valence-corrected chi connectivity index (χ3v) is 6.65. The zero-order valence-electron chi connectivity index (χ0n) is 13.8. The Morgan fingerprint density at radius 1 is 1.13 bits per heavy atom. The molecule has 23 heavy (non-hydrogen) atoms. The van der Waals surface area contributed by atoms with Crippen molar-refractivity contribution >= 4 is 31.8 Å². The van der Waals surface area contributed by atoms with Crippen molar-refractivity contribution in [2.75, 3.05) is 0 Å². The lowest BCUT2D eigenvalue weighted by atomic mass is 9.97. The van der Waals surface area contributed by atoms with E-state index < -0.39 is 10.0 Å². The molecule has 1 aromatic rings. The molecule has 1 aromatic carbocycles. The van der Waals surface area contributed by atoms with Crippen LogP contribution >= 0.6 is 15.9 Å². The van der Waals surface area contributed by atoms with E-state index in [1.807, 2.05) is 6.92 Å². The average Bonchev–Trinajstić information content (AvgIpc) is 2.47. The highest BCUT2D eigenvalue weighted by Gasteiger charge is 2.21. The van der Waals surface area contributed by atoms with Crippen molar-refractivity contribution in [3.63, 3.8) is 0 Å². The second kappa shape index (κ2) is 8.29. The van der Waals surface area contributed by atoms with Crippen LogP contribution in [0.5, 0.6) is 0 Å². The van der Waals surface area contributed by atoms with Gasteiger partial charge in [-0.1, -0.05) is 59.3 Å². The summed E-state index contributed by atoms with van der Waals surface area (Å²) in [5, 5.41) is 0. The molecule has 1 aliphatic carbocycles. The lowest BCUT2D eigenvalue weighted by Gasteiger charge is -2.22. The SMILES string of the molecule is CC(=NC1CCCCCCC1Br)NS(=O)(=O)c1ccc(C)cc1. The number of aryl methyl sites for hydroxylation is 1. The molecule has 2 atom stereocenters. The van der Waals surface area contributed by atoms with Gasteiger partial charge in [-0.2, -0.15) is 0 Å². The molecule has 6 heteroatoms. The first-order valence-electron chi connectivity index (χ1n) is 8.16. The number of benzene rings is 1. The van der Waals surface area contributed by atoms with Crippen LogP contribution in [0.1, 0.15) is 51.0 Å². The number of sulfonamides is 1. The summed E-state index contributed by atoms with van der Waals surface area (Å²) >= 11 is 3.72. The second-order valence-corrected chi connectivity index (χ2v) is 9.07. The van der Waals surface area contributed by atoms with E-state index in [0.29, 0.717) is 10.7 Å². The summed E-state index contributed by atoms with van der Waals surface area (Å²) in [6, 6.07) is 6.97. The maximum Gasteiger partial charge on any atom is 0.262 e. The van der Waals surface area contributed by atoms with Crippen LogP contribution in [-0.2, 0) is 10.0 Å². The fraction of sp³-hybridized carbons (Fsp3) is 0.588. The minimum absolute atomic E-state index is 0.135. The van der Waals surface area contributed by atoms with Crippen molar-refractivity contribution < 1.29 is 8.42 Å². The third kappa shape index (κ3) is 5.60. The Morgan fingerprint density at radius 3 is 2.39 bits per heavy atom. The number of hydrogen-bond acceptors (Lipinski definition) is 3. The highest BCUT2D eigenvalue weighted by atomic mass is 79.9. The van der Waals surface area contributed by atoms with Gasteiger partial charge in [0.2, 0.25) is 0 Å².